The van der Waals surface area contributed by atoms with E-state index in [1.54, 1.807) is 0 Å². The summed E-state index contributed by atoms with van der Waals surface area (Å²) in [6.45, 7) is 1.19. The summed E-state index contributed by atoms with van der Waals surface area (Å²) >= 11 is 0. The number of quaternary nitrogens is 1. The number of carboxylic acids is 1. The molecular weight excluding hydrogens is 166 g/mol. The largest absolute Gasteiger partial charge is 0.481 e. The lowest BCUT2D eigenvalue weighted by Crippen LogP contribution is -3.06. The number of carbonyl (C=O) groups is 1. The molecule has 0 radical (unpaired) electrons. The lowest BCUT2D eigenvalue weighted by molar-refractivity contribution is -0.862. The summed E-state index contributed by atoms with van der Waals surface area (Å²) in [5, 5.41) is 8.80. The van der Waals surface area contributed by atoms with Crippen LogP contribution >= 0.6 is 0 Å². The maximum absolute atomic E-state index is 10.7. The van der Waals surface area contributed by atoms with E-state index in [0.717, 1.165) is 31.6 Å². The van der Waals surface area contributed by atoms with Crippen LogP contribution in [0.3, 0.4) is 0 Å². The van der Waals surface area contributed by atoms with Crippen molar-refractivity contribution >= 4 is 5.97 Å². The van der Waals surface area contributed by atoms with Gasteiger partial charge in [0.05, 0.1) is 26.6 Å². The number of hydrogen-bond donors (Lipinski definition) is 2. The second-order valence-electron chi connectivity index (χ2n) is 4.47. The molecule has 1 fully saturated rings. The maximum Gasteiger partial charge on any atom is 0.306 e. The van der Waals surface area contributed by atoms with Crippen LogP contribution in [0.4, 0.5) is 0 Å². The second kappa shape index (κ2) is 4.61. The van der Waals surface area contributed by atoms with Gasteiger partial charge in [0.15, 0.2) is 0 Å². The minimum Gasteiger partial charge on any atom is -0.481 e. The van der Waals surface area contributed by atoms with E-state index in [1.807, 2.05) is 0 Å². The van der Waals surface area contributed by atoms with E-state index in [4.69, 9.17) is 5.11 Å². The van der Waals surface area contributed by atoms with Crippen molar-refractivity contribution in [3.63, 3.8) is 0 Å². The Balaban J connectivity index is 2.26. The Morgan fingerprint density at radius 1 is 1.31 bits per heavy atom. The molecule has 1 rings (SSSR count). The monoisotopic (exact) mass is 186 g/mol. The van der Waals surface area contributed by atoms with Crippen molar-refractivity contribution in [2.24, 2.45) is 11.8 Å². The van der Waals surface area contributed by atoms with Crippen LogP contribution in [0.1, 0.15) is 25.7 Å². The normalized spacial score (nSPS) is 29.2. The van der Waals surface area contributed by atoms with Crippen molar-refractivity contribution in [2.75, 3.05) is 20.6 Å². The summed E-state index contributed by atoms with van der Waals surface area (Å²) in [6.07, 6.45) is 3.96. The third-order valence-corrected chi connectivity index (χ3v) is 2.89. The highest BCUT2D eigenvalue weighted by Crippen LogP contribution is 2.27. The molecule has 1 aliphatic carbocycles. The molecule has 0 atom stereocenters. The Labute approximate surface area is 79.7 Å². The number of hydrogen-bond acceptors (Lipinski definition) is 1. The smallest absolute Gasteiger partial charge is 0.306 e. The molecular formula is C10H20NO2+. The van der Waals surface area contributed by atoms with Gasteiger partial charge in [0.25, 0.3) is 0 Å². The van der Waals surface area contributed by atoms with E-state index in [0.29, 0.717) is 0 Å². The van der Waals surface area contributed by atoms with Gasteiger partial charge in [-0.15, -0.1) is 0 Å². The molecule has 0 amide bonds. The number of nitrogens with one attached hydrogen (secondary N) is 1. The first-order valence-electron chi connectivity index (χ1n) is 5.11. The highest BCUT2D eigenvalue weighted by molar-refractivity contribution is 5.69. The van der Waals surface area contributed by atoms with E-state index in [-0.39, 0.29) is 5.92 Å². The zero-order valence-electron chi connectivity index (χ0n) is 8.55. The number of aliphatic carboxylic acids is 1. The van der Waals surface area contributed by atoms with E-state index >= 15 is 0 Å². The first kappa shape index (κ1) is 10.5. The van der Waals surface area contributed by atoms with Gasteiger partial charge in [-0.25, -0.2) is 0 Å². The SMILES string of the molecule is C[NH+](C)CC1CCC(C(=O)O)CC1. The fourth-order valence-electron chi connectivity index (χ4n) is 2.19. The Kier molecular flexibility index (Phi) is 3.72. The van der Waals surface area contributed by atoms with Crippen LogP contribution in [-0.4, -0.2) is 31.7 Å². The van der Waals surface area contributed by atoms with Crippen molar-refractivity contribution < 1.29 is 14.8 Å². The highest BCUT2D eigenvalue weighted by atomic mass is 16.4. The van der Waals surface area contributed by atoms with Gasteiger partial charge in [-0.05, 0) is 25.7 Å². The van der Waals surface area contributed by atoms with Gasteiger partial charge in [-0.2, -0.15) is 0 Å². The molecule has 3 heteroatoms. The summed E-state index contributed by atoms with van der Waals surface area (Å²) in [6, 6.07) is 0. The van der Waals surface area contributed by atoms with Crippen molar-refractivity contribution in [3.8, 4) is 0 Å². The first-order valence-corrected chi connectivity index (χ1v) is 5.11. The summed E-state index contributed by atoms with van der Waals surface area (Å²) in [5.74, 6) is 0.0877. The summed E-state index contributed by atoms with van der Waals surface area (Å²) in [5.41, 5.74) is 0. The molecule has 0 aromatic carbocycles. The van der Waals surface area contributed by atoms with Crippen molar-refractivity contribution in [3.05, 3.63) is 0 Å². The zero-order chi connectivity index (χ0) is 9.84. The van der Waals surface area contributed by atoms with Crippen LogP contribution < -0.4 is 4.90 Å². The molecule has 0 saturated heterocycles. The lowest BCUT2D eigenvalue weighted by Gasteiger charge is -2.26. The predicted molar refractivity (Wildman–Crippen MR) is 50.8 cm³/mol. The van der Waals surface area contributed by atoms with E-state index in [9.17, 15) is 4.79 Å². The average molecular weight is 186 g/mol. The van der Waals surface area contributed by atoms with Crippen LogP contribution in [0.15, 0.2) is 0 Å². The van der Waals surface area contributed by atoms with Gasteiger partial charge >= 0.3 is 5.97 Å². The van der Waals surface area contributed by atoms with Crippen LogP contribution in [0.2, 0.25) is 0 Å². The molecule has 0 heterocycles. The fourth-order valence-corrected chi connectivity index (χ4v) is 2.19. The molecule has 13 heavy (non-hydrogen) atoms. The average Bonchev–Trinajstić information content (AvgIpc) is 2.04. The third-order valence-electron chi connectivity index (χ3n) is 2.89. The minimum atomic E-state index is -0.601. The van der Waals surface area contributed by atoms with Crippen LogP contribution in [-0.2, 0) is 4.79 Å². The molecule has 3 nitrogen and oxygen atoms in total. The fraction of sp³-hybridized carbons (Fsp3) is 0.900. The zero-order valence-corrected chi connectivity index (χ0v) is 8.55. The van der Waals surface area contributed by atoms with Crippen molar-refractivity contribution in [2.45, 2.75) is 25.7 Å². The third kappa shape index (κ3) is 3.35. The quantitative estimate of drug-likeness (QED) is 0.652. The van der Waals surface area contributed by atoms with Gasteiger partial charge in [0.1, 0.15) is 0 Å². The van der Waals surface area contributed by atoms with Gasteiger partial charge < -0.3 is 10.0 Å². The maximum atomic E-state index is 10.7. The number of rotatable bonds is 3. The van der Waals surface area contributed by atoms with E-state index in [1.165, 1.54) is 11.4 Å². The Hall–Kier alpha value is -0.570. The summed E-state index contributed by atoms with van der Waals surface area (Å²) in [4.78, 5) is 12.1. The van der Waals surface area contributed by atoms with E-state index < -0.39 is 5.97 Å². The summed E-state index contributed by atoms with van der Waals surface area (Å²) in [7, 11) is 4.31. The molecule has 0 unspecified atom stereocenters. The molecule has 1 saturated carbocycles. The highest BCUT2D eigenvalue weighted by Gasteiger charge is 2.26. The van der Waals surface area contributed by atoms with Gasteiger partial charge in [0.2, 0.25) is 0 Å². The predicted octanol–water partition coefficient (Wildman–Crippen LogP) is 0.0219. The molecule has 0 aliphatic heterocycles. The van der Waals surface area contributed by atoms with Crippen molar-refractivity contribution in [1.29, 1.82) is 0 Å². The Morgan fingerprint density at radius 2 is 1.85 bits per heavy atom. The first-order chi connectivity index (χ1) is 6.09. The Bertz CT molecular complexity index is 172. The molecule has 0 aromatic rings. The molecule has 2 N–H and O–H groups in total. The Morgan fingerprint density at radius 3 is 2.23 bits per heavy atom. The van der Waals surface area contributed by atoms with Crippen molar-refractivity contribution in [1.82, 2.24) is 0 Å². The molecule has 0 spiro atoms. The van der Waals surface area contributed by atoms with Crippen LogP contribution in [0.25, 0.3) is 0 Å². The number of carboxylic acid groups (broad SMARTS) is 1. The van der Waals surface area contributed by atoms with Crippen LogP contribution in [0, 0.1) is 11.8 Å². The molecule has 76 valence electrons. The second-order valence-corrected chi connectivity index (χ2v) is 4.47. The van der Waals surface area contributed by atoms with Crippen LogP contribution in [0.5, 0.6) is 0 Å². The molecule has 1 aliphatic rings. The van der Waals surface area contributed by atoms with Gasteiger partial charge in [-0.3, -0.25) is 4.79 Å². The topological polar surface area (TPSA) is 41.7 Å². The molecule has 0 bridgehead atoms. The van der Waals surface area contributed by atoms with E-state index in [2.05, 4.69) is 14.1 Å². The van der Waals surface area contributed by atoms with Gasteiger partial charge in [0, 0.05) is 5.92 Å². The standard InChI is InChI=1S/C10H19NO2/c1-11(2)7-8-3-5-9(6-4-8)10(12)13/h8-9H,3-7H2,1-2H3,(H,12,13)/p+1. The van der Waals surface area contributed by atoms with Gasteiger partial charge in [-0.1, -0.05) is 0 Å². The molecule has 0 aromatic heterocycles. The minimum absolute atomic E-state index is 0.0617. The summed E-state index contributed by atoms with van der Waals surface area (Å²) < 4.78 is 0. The lowest BCUT2D eigenvalue weighted by atomic mass is 9.82.